The van der Waals surface area contributed by atoms with Crippen LogP contribution in [0.4, 0.5) is 0 Å². The SMILES string of the molecule is CC(C)(C)CC(=O)NCc1nc(CN2CCOCC2)cs1. The molecule has 6 heteroatoms. The van der Waals surface area contributed by atoms with Crippen molar-refractivity contribution in [3.8, 4) is 0 Å². The molecular weight excluding hydrogens is 286 g/mol. The number of hydrogen-bond acceptors (Lipinski definition) is 5. The van der Waals surface area contributed by atoms with Crippen LogP contribution in [0.2, 0.25) is 0 Å². The topological polar surface area (TPSA) is 54.5 Å². The van der Waals surface area contributed by atoms with Crippen LogP contribution in [0, 0.1) is 5.41 Å². The summed E-state index contributed by atoms with van der Waals surface area (Å²) in [7, 11) is 0. The summed E-state index contributed by atoms with van der Waals surface area (Å²) in [4.78, 5) is 18.7. The quantitative estimate of drug-likeness (QED) is 0.904. The second-order valence-corrected chi connectivity index (χ2v) is 7.58. The molecule has 1 fully saturated rings. The van der Waals surface area contributed by atoms with E-state index < -0.39 is 0 Å². The Morgan fingerprint density at radius 1 is 1.43 bits per heavy atom. The second kappa shape index (κ2) is 7.33. The molecule has 1 aromatic heterocycles. The van der Waals surface area contributed by atoms with Gasteiger partial charge < -0.3 is 10.1 Å². The third-order valence-corrected chi connectivity index (χ3v) is 4.11. The minimum atomic E-state index is 0.0223. The molecule has 0 atom stereocenters. The number of thiazole rings is 1. The van der Waals surface area contributed by atoms with E-state index in [-0.39, 0.29) is 11.3 Å². The standard InChI is InChI=1S/C15H25N3O2S/c1-15(2,3)8-13(19)16-9-14-17-12(11-21-14)10-18-4-6-20-7-5-18/h11H,4-10H2,1-3H3,(H,16,19). The largest absolute Gasteiger partial charge is 0.379 e. The Kier molecular flexibility index (Phi) is 5.72. The molecule has 0 bridgehead atoms. The Bertz CT molecular complexity index is 462. The molecule has 0 spiro atoms. The summed E-state index contributed by atoms with van der Waals surface area (Å²) in [6, 6.07) is 0. The van der Waals surface area contributed by atoms with Gasteiger partial charge in [0.2, 0.25) is 5.91 Å². The monoisotopic (exact) mass is 311 g/mol. The predicted molar refractivity (Wildman–Crippen MR) is 84.1 cm³/mol. The fourth-order valence-electron chi connectivity index (χ4n) is 2.21. The number of hydrogen-bond donors (Lipinski definition) is 1. The van der Waals surface area contributed by atoms with Gasteiger partial charge in [-0.3, -0.25) is 9.69 Å². The zero-order chi connectivity index (χ0) is 15.3. The number of amides is 1. The van der Waals surface area contributed by atoms with Gasteiger partial charge in [-0.1, -0.05) is 20.8 Å². The highest BCUT2D eigenvalue weighted by Gasteiger charge is 2.16. The molecule has 0 unspecified atom stereocenters. The molecule has 0 radical (unpaired) electrons. The molecular formula is C15H25N3O2S. The summed E-state index contributed by atoms with van der Waals surface area (Å²) in [6.45, 7) is 11.1. The zero-order valence-electron chi connectivity index (χ0n) is 13.1. The van der Waals surface area contributed by atoms with Gasteiger partial charge in [-0.05, 0) is 5.41 Å². The third kappa shape index (κ3) is 6.11. The molecule has 2 rings (SSSR count). The van der Waals surface area contributed by atoms with Crippen molar-refractivity contribution < 1.29 is 9.53 Å². The summed E-state index contributed by atoms with van der Waals surface area (Å²) >= 11 is 1.61. The molecule has 1 aliphatic heterocycles. The van der Waals surface area contributed by atoms with E-state index in [4.69, 9.17) is 4.74 Å². The molecule has 0 aromatic carbocycles. The lowest BCUT2D eigenvalue weighted by atomic mass is 9.92. The Morgan fingerprint density at radius 2 is 2.14 bits per heavy atom. The van der Waals surface area contributed by atoms with Crippen molar-refractivity contribution in [3.63, 3.8) is 0 Å². The van der Waals surface area contributed by atoms with Crippen molar-refractivity contribution in [2.24, 2.45) is 5.41 Å². The maximum Gasteiger partial charge on any atom is 0.220 e. The molecule has 5 nitrogen and oxygen atoms in total. The Balaban J connectivity index is 1.76. The highest BCUT2D eigenvalue weighted by Crippen LogP contribution is 2.18. The number of nitrogens with zero attached hydrogens (tertiary/aromatic N) is 2. The molecule has 1 N–H and O–H groups in total. The smallest absolute Gasteiger partial charge is 0.220 e. The minimum Gasteiger partial charge on any atom is -0.379 e. The first-order valence-electron chi connectivity index (χ1n) is 7.42. The van der Waals surface area contributed by atoms with Gasteiger partial charge in [0.1, 0.15) is 5.01 Å². The van der Waals surface area contributed by atoms with Crippen molar-refractivity contribution >= 4 is 17.2 Å². The number of aromatic nitrogens is 1. The van der Waals surface area contributed by atoms with Crippen LogP contribution in [0.3, 0.4) is 0 Å². The first kappa shape index (κ1) is 16.4. The zero-order valence-corrected chi connectivity index (χ0v) is 14.0. The van der Waals surface area contributed by atoms with E-state index in [1.165, 1.54) is 0 Å². The fraction of sp³-hybridized carbons (Fsp3) is 0.733. The van der Waals surface area contributed by atoms with Crippen molar-refractivity contribution in [2.45, 2.75) is 40.3 Å². The molecule has 1 aliphatic rings. The van der Waals surface area contributed by atoms with Crippen molar-refractivity contribution in [2.75, 3.05) is 26.3 Å². The van der Waals surface area contributed by atoms with Crippen molar-refractivity contribution in [3.05, 3.63) is 16.1 Å². The fourth-order valence-corrected chi connectivity index (χ4v) is 2.93. The van der Waals surface area contributed by atoms with Crippen LogP contribution < -0.4 is 5.32 Å². The van der Waals surface area contributed by atoms with Gasteiger partial charge in [-0.2, -0.15) is 0 Å². The Hall–Kier alpha value is -0.980. The van der Waals surface area contributed by atoms with E-state index in [0.29, 0.717) is 13.0 Å². The molecule has 118 valence electrons. The maximum atomic E-state index is 11.8. The normalized spacial score (nSPS) is 16.9. The summed E-state index contributed by atoms with van der Waals surface area (Å²) < 4.78 is 5.34. The number of nitrogens with one attached hydrogen (secondary N) is 1. The van der Waals surface area contributed by atoms with E-state index in [0.717, 1.165) is 43.5 Å². The summed E-state index contributed by atoms with van der Waals surface area (Å²) in [5.41, 5.74) is 1.11. The van der Waals surface area contributed by atoms with Gasteiger partial charge in [0.15, 0.2) is 0 Å². The first-order valence-corrected chi connectivity index (χ1v) is 8.30. The lowest BCUT2D eigenvalue weighted by molar-refractivity contribution is -0.122. The molecule has 21 heavy (non-hydrogen) atoms. The highest BCUT2D eigenvalue weighted by atomic mass is 32.1. The van der Waals surface area contributed by atoms with Crippen LogP contribution >= 0.6 is 11.3 Å². The van der Waals surface area contributed by atoms with Crippen molar-refractivity contribution in [1.29, 1.82) is 0 Å². The molecule has 0 saturated carbocycles. The van der Waals surface area contributed by atoms with Crippen LogP contribution in [0.15, 0.2) is 5.38 Å². The van der Waals surface area contributed by atoms with Crippen LogP contribution in [-0.2, 0) is 22.6 Å². The lowest BCUT2D eigenvalue weighted by Crippen LogP contribution is -2.35. The Labute approximate surface area is 130 Å². The van der Waals surface area contributed by atoms with E-state index in [1.54, 1.807) is 11.3 Å². The van der Waals surface area contributed by atoms with E-state index in [1.807, 2.05) is 0 Å². The molecule has 1 aromatic rings. The molecule has 1 amide bonds. The second-order valence-electron chi connectivity index (χ2n) is 6.64. The lowest BCUT2D eigenvalue weighted by Gasteiger charge is -2.25. The van der Waals surface area contributed by atoms with Gasteiger partial charge in [0.25, 0.3) is 0 Å². The average molecular weight is 311 g/mol. The van der Waals surface area contributed by atoms with E-state index in [9.17, 15) is 4.79 Å². The summed E-state index contributed by atoms with van der Waals surface area (Å²) in [5, 5.41) is 6.00. The van der Waals surface area contributed by atoms with Gasteiger partial charge in [0.05, 0.1) is 25.5 Å². The highest BCUT2D eigenvalue weighted by molar-refractivity contribution is 7.09. The van der Waals surface area contributed by atoms with Crippen LogP contribution in [0.1, 0.15) is 37.9 Å². The van der Waals surface area contributed by atoms with Gasteiger partial charge in [-0.15, -0.1) is 11.3 Å². The maximum absolute atomic E-state index is 11.8. The molecule has 2 heterocycles. The summed E-state index contributed by atoms with van der Waals surface area (Å²) in [6.07, 6.45) is 0.541. The average Bonchev–Trinajstić information content (AvgIpc) is 2.83. The molecule has 1 saturated heterocycles. The van der Waals surface area contributed by atoms with Crippen LogP contribution in [-0.4, -0.2) is 42.1 Å². The van der Waals surface area contributed by atoms with Gasteiger partial charge >= 0.3 is 0 Å². The molecule has 0 aliphatic carbocycles. The first-order chi connectivity index (χ1) is 9.92. The van der Waals surface area contributed by atoms with E-state index in [2.05, 4.69) is 41.4 Å². The number of carbonyl (C=O) groups is 1. The number of carbonyl (C=O) groups excluding carboxylic acids is 1. The third-order valence-electron chi connectivity index (χ3n) is 3.22. The number of morpholine rings is 1. The van der Waals surface area contributed by atoms with Gasteiger partial charge in [0, 0.05) is 31.4 Å². The van der Waals surface area contributed by atoms with Crippen LogP contribution in [0.5, 0.6) is 0 Å². The van der Waals surface area contributed by atoms with Crippen LogP contribution in [0.25, 0.3) is 0 Å². The summed E-state index contributed by atoms with van der Waals surface area (Å²) in [5.74, 6) is 0.0902. The van der Waals surface area contributed by atoms with E-state index >= 15 is 0 Å². The van der Waals surface area contributed by atoms with Gasteiger partial charge in [-0.25, -0.2) is 4.98 Å². The predicted octanol–water partition coefficient (Wildman–Crippen LogP) is 2.03. The van der Waals surface area contributed by atoms with Crippen molar-refractivity contribution in [1.82, 2.24) is 15.2 Å². The number of ether oxygens (including phenoxy) is 1. The minimum absolute atomic E-state index is 0.0223. The number of rotatable bonds is 5. The Morgan fingerprint density at radius 3 is 2.81 bits per heavy atom.